The number of likely N-dealkylation sites (tertiary alicyclic amines) is 1. The van der Waals surface area contributed by atoms with Gasteiger partial charge < -0.3 is 21.1 Å². The van der Waals surface area contributed by atoms with E-state index < -0.39 is 6.03 Å². The molecule has 0 radical (unpaired) electrons. The third-order valence-electron chi connectivity index (χ3n) is 6.03. The molecule has 1 aliphatic carbocycles. The third kappa shape index (κ3) is 5.13. The summed E-state index contributed by atoms with van der Waals surface area (Å²) in [5.41, 5.74) is 6.77. The van der Waals surface area contributed by atoms with Crippen molar-refractivity contribution in [3.05, 3.63) is 16.0 Å². The molecule has 9 heteroatoms. The number of primary amides is 1. The number of ether oxygens (including phenoxy) is 1. The number of nitrogens with zero attached hydrogens (tertiary/aromatic N) is 1. The zero-order chi connectivity index (χ0) is 21.8. The fourth-order valence-corrected chi connectivity index (χ4v) is 5.67. The van der Waals surface area contributed by atoms with Crippen LogP contribution in [-0.4, -0.2) is 54.6 Å². The Labute approximate surface area is 181 Å². The molecule has 0 aromatic carbocycles. The number of hydrogen-bond acceptors (Lipinski definition) is 6. The Morgan fingerprint density at radius 3 is 2.60 bits per heavy atom. The van der Waals surface area contributed by atoms with E-state index in [1.165, 1.54) is 16.2 Å². The highest BCUT2D eigenvalue weighted by molar-refractivity contribution is 7.17. The van der Waals surface area contributed by atoms with E-state index in [0.717, 1.165) is 37.7 Å². The predicted octanol–water partition coefficient (Wildman–Crippen LogP) is 2.51. The average Bonchev–Trinajstić information content (AvgIpc) is 3.04. The fraction of sp³-hybridized carbons (Fsp3) is 0.667. The molecule has 0 unspecified atom stereocenters. The van der Waals surface area contributed by atoms with E-state index in [9.17, 15) is 14.4 Å². The minimum Gasteiger partial charge on any atom is -0.462 e. The number of esters is 1. The van der Waals surface area contributed by atoms with E-state index in [4.69, 9.17) is 10.5 Å². The van der Waals surface area contributed by atoms with Crippen LogP contribution in [0.3, 0.4) is 0 Å². The molecule has 1 fully saturated rings. The summed E-state index contributed by atoms with van der Waals surface area (Å²) in [5, 5.41) is 6.35. The van der Waals surface area contributed by atoms with E-state index in [1.807, 2.05) is 6.92 Å². The first-order chi connectivity index (χ1) is 14.3. The molecule has 8 nitrogen and oxygen atoms in total. The van der Waals surface area contributed by atoms with Crippen molar-refractivity contribution in [3.8, 4) is 0 Å². The van der Waals surface area contributed by atoms with Gasteiger partial charge in [0.2, 0.25) is 5.91 Å². The molecule has 3 rings (SSSR count). The van der Waals surface area contributed by atoms with Gasteiger partial charge in [-0.05, 0) is 57.4 Å². The molecule has 0 saturated carbocycles. The topological polar surface area (TPSA) is 114 Å². The molecule has 30 heavy (non-hydrogen) atoms. The van der Waals surface area contributed by atoms with E-state index in [2.05, 4.69) is 22.5 Å². The first-order valence-corrected chi connectivity index (χ1v) is 11.5. The lowest BCUT2D eigenvalue weighted by molar-refractivity contribution is -0.121. The summed E-state index contributed by atoms with van der Waals surface area (Å²) in [4.78, 5) is 39.9. The van der Waals surface area contributed by atoms with Crippen molar-refractivity contribution in [2.24, 2.45) is 11.7 Å². The van der Waals surface area contributed by atoms with Gasteiger partial charge in [-0.2, -0.15) is 0 Å². The van der Waals surface area contributed by atoms with Crippen molar-refractivity contribution < 1.29 is 19.1 Å². The van der Waals surface area contributed by atoms with Gasteiger partial charge in [0.25, 0.3) is 0 Å². The van der Waals surface area contributed by atoms with Crippen molar-refractivity contribution >= 4 is 34.2 Å². The van der Waals surface area contributed by atoms with Gasteiger partial charge in [0, 0.05) is 24.0 Å². The summed E-state index contributed by atoms with van der Waals surface area (Å²) in [7, 11) is 0. The zero-order valence-electron chi connectivity index (χ0n) is 18.0. The van der Waals surface area contributed by atoms with E-state index in [-0.39, 0.29) is 24.0 Å². The van der Waals surface area contributed by atoms with Crippen LogP contribution < -0.4 is 16.4 Å². The van der Waals surface area contributed by atoms with Crippen LogP contribution in [0.1, 0.15) is 60.8 Å². The van der Waals surface area contributed by atoms with Gasteiger partial charge in [0.15, 0.2) is 0 Å². The second-order valence-electron chi connectivity index (χ2n) is 8.26. The molecule has 2 aliphatic rings. The molecule has 1 aromatic rings. The number of fused-ring (bicyclic) bond motifs is 1. The number of rotatable bonds is 6. The summed E-state index contributed by atoms with van der Waals surface area (Å²) in [5.74, 6) is 0.0864. The lowest BCUT2D eigenvalue weighted by Crippen LogP contribution is -2.51. The molecule has 4 N–H and O–H groups in total. The Balaban J connectivity index is 1.70. The molecule has 2 atom stereocenters. The number of thiophene rings is 1. The highest BCUT2D eigenvalue weighted by Gasteiger charge is 2.31. The quantitative estimate of drug-likeness (QED) is 0.593. The first-order valence-electron chi connectivity index (χ1n) is 10.7. The lowest BCUT2D eigenvalue weighted by Gasteiger charge is -2.35. The van der Waals surface area contributed by atoms with Crippen molar-refractivity contribution in [1.82, 2.24) is 10.2 Å². The summed E-state index contributed by atoms with van der Waals surface area (Å²) in [6.07, 6.45) is 4.30. The van der Waals surface area contributed by atoms with Crippen LogP contribution in [0.25, 0.3) is 0 Å². The minimum absolute atomic E-state index is 0.0513. The molecule has 0 spiro atoms. The zero-order valence-corrected chi connectivity index (χ0v) is 18.8. The highest BCUT2D eigenvalue weighted by Crippen LogP contribution is 2.40. The number of anilines is 1. The molecule has 1 aromatic heterocycles. The van der Waals surface area contributed by atoms with Crippen LogP contribution >= 0.6 is 11.3 Å². The molecular formula is C21H32N4O4S. The summed E-state index contributed by atoms with van der Waals surface area (Å²) < 4.78 is 5.28. The molecular weight excluding hydrogens is 404 g/mol. The van der Waals surface area contributed by atoms with Crippen molar-refractivity contribution in [3.63, 3.8) is 0 Å². The van der Waals surface area contributed by atoms with Crippen LogP contribution in [0.15, 0.2) is 0 Å². The van der Waals surface area contributed by atoms with Crippen LogP contribution in [0.4, 0.5) is 9.80 Å². The number of urea groups is 1. The number of hydrogen-bond donors (Lipinski definition) is 3. The Bertz CT molecular complexity index is 801. The first kappa shape index (κ1) is 22.6. The monoisotopic (exact) mass is 436 g/mol. The van der Waals surface area contributed by atoms with Gasteiger partial charge in [-0.25, -0.2) is 9.59 Å². The molecule has 1 aliphatic heterocycles. The Morgan fingerprint density at radius 2 is 1.97 bits per heavy atom. The van der Waals surface area contributed by atoms with Crippen LogP contribution in [0.2, 0.25) is 0 Å². The van der Waals surface area contributed by atoms with Gasteiger partial charge in [-0.3, -0.25) is 9.69 Å². The average molecular weight is 437 g/mol. The maximum absolute atomic E-state index is 13.0. The Morgan fingerprint density at radius 1 is 1.27 bits per heavy atom. The van der Waals surface area contributed by atoms with E-state index >= 15 is 0 Å². The highest BCUT2D eigenvalue weighted by atomic mass is 32.1. The molecule has 0 bridgehead atoms. The Hall–Kier alpha value is -2.13. The Kier molecular flexibility index (Phi) is 7.36. The standard InChI is InChI=1S/C21H32N4O4S/c1-4-29-20(27)17-15-6-5-12(2)11-16(15)30-19(17)24-18(26)13(3)25-9-7-14(8-10-25)23-21(22)28/h12-14H,4-11H2,1-3H3,(H,24,26)(H3,22,23,28)/t12-,13-/m1/s1. The van der Waals surface area contributed by atoms with Gasteiger partial charge in [-0.1, -0.05) is 6.92 Å². The number of nitrogens with two attached hydrogens (primary N) is 1. The van der Waals surface area contributed by atoms with Crippen LogP contribution in [-0.2, 0) is 22.4 Å². The summed E-state index contributed by atoms with van der Waals surface area (Å²) in [6.45, 7) is 7.57. The number of carbonyl (C=O) groups is 3. The molecule has 3 amide bonds. The van der Waals surface area contributed by atoms with Gasteiger partial charge in [0.1, 0.15) is 5.00 Å². The second-order valence-corrected chi connectivity index (χ2v) is 9.37. The second kappa shape index (κ2) is 9.78. The van der Waals surface area contributed by atoms with Crippen molar-refractivity contribution in [2.45, 2.75) is 65.0 Å². The SMILES string of the molecule is CCOC(=O)c1c(NC(=O)[C@@H](C)N2CCC(NC(N)=O)CC2)sc2c1CC[C@@H](C)C2. The van der Waals surface area contributed by atoms with Crippen molar-refractivity contribution in [2.75, 3.05) is 25.0 Å². The van der Waals surface area contributed by atoms with Gasteiger partial charge in [-0.15, -0.1) is 11.3 Å². The smallest absolute Gasteiger partial charge is 0.341 e. The minimum atomic E-state index is -0.512. The molecule has 1 saturated heterocycles. The molecule has 2 heterocycles. The van der Waals surface area contributed by atoms with Gasteiger partial charge >= 0.3 is 12.0 Å². The fourth-order valence-electron chi connectivity index (χ4n) is 4.27. The number of nitrogens with one attached hydrogen (secondary N) is 2. The van der Waals surface area contributed by atoms with Crippen LogP contribution in [0, 0.1) is 5.92 Å². The van der Waals surface area contributed by atoms with Gasteiger partial charge in [0.05, 0.1) is 18.2 Å². The molecule has 166 valence electrons. The summed E-state index contributed by atoms with van der Waals surface area (Å²) in [6, 6.07) is -0.801. The predicted molar refractivity (Wildman–Crippen MR) is 117 cm³/mol. The summed E-state index contributed by atoms with van der Waals surface area (Å²) >= 11 is 1.51. The van der Waals surface area contributed by atoms with Crippen molar-refractivity contribution in [1.29, 1.82) is 0 Å². The number of piperidine rings is 1. The largest absolute Gasteiger partial charge is 0.462 e. The third-order valence-corrected chi connectivity index (χ3v) is 7.20. The van der Waals surface area contributed by atoms with E-state index in [1.54, 1.807) is 6.92 Å². The maximum atomic E-state index is 13.0. The number of carbonyl (C=O) groups excluding carboxylic acids is 3. The van der Waals surface area contributed by atoms with Crippen LogP contribution in [0.5, 0.6) is 0 Å². The maximum Gasteiger partial charge on any atom is 0.341 e. The van der Waals surface area contributed by atoms with E-state index in [0.29, 0.717) is 36.2 Å². The lowest BCUT2D eigenvalue weighted by atomic mass is 9.88. The number of amides is 3. The normalized spacial score (nSPS) is 20.8.